The lowest BCUT2D eigenvalue weighted by Crippen LogP contribution is -2.12. The van der Waals surface area contributed by atoms with Gasteiger partial charge in [0.1, 0.15) is 0 Å². The summed E-state index contributed by atoms with van der Waals surface area (Å²) in [6.07, 6.45) is 10.1. The summed E-state index contributed by atoms with van der Waals surface area (Å²) in [7, 11) is 1.31. The van der Waals surface area contributed by atoms with Crippen LogP contribution in [0.15, 0.2) is 38.0 Å². The lowest BCUT2D eigenvalue weighted by Gasteiger charge is -2.13. The maximum Gasteiger partial charge on any atom is 0.330 e. The number of unbranched alkanes of at least 4 members (excludes halogenated alkanes) is 2. The quantitative estimate of drug-likeness (QED) is 0.203. The van der Waals surface area contributed by atoms with Crippen molar-refractivity contribution in [3.05, 3.63) is 38.0 Å². The maximum atomic E-state index is 10.8. The van der Waals surface area contributed by atoms with Crippen LogP contribution in [0.25, 0.3) is 0 Å². The number of ether oxygens (including phenoxy) is 3. The maximum absolute atomic E-state index is 10.8. The van der Waals surface area contributed by atoms with E-state index in [0.29, 0.717) is 19.1 Å². The largest absolute Gasteiger partial charge is 0.466 e. The van der Waals surface area contributed by atoms with Crippen LogP contribution in [-0.4, -0.2) is 38.2 Å². The molecule has 0 aliphatic heterocycles. The van der Waals surface area contributed by atoms with Gasteiger partial charge in [0.15, 0.2) is 0 Å². The lowest BCUT2D eigenvalue weighted by molar-refractivity contribution is -0.139. The lowest BCUT2D eigenvalue weighted by atomic mass is 10.0. The van der Waals surface area contributed by atoms with E-state index in [-0.39, 0.29) is 11.9 Å². The summed E-state index contributed by atoms with van der Waals surface area (Å²) < 4.78 is 13.8. The Hall–Kier alpha value is -2.37. The summed E-state index contributed by atoms with van der Waals surface area (Å²) in [5, 5.41) is 0. The second-order valence-electron chi connectivity index (χ2n) is 5.70. The number of hydrogen-bond acceptors (Lipinski definition) is 6. The Balaban J connectivity index is -0.000000362. The van der Waals surface area contributed by atoms with E-state index in [9.17, 15) is 14.4 Å². The zero-order valence-corrected chi connectivity index (χ0v) is 18.0. The fourth-order valence-corrected chi connectivity index (χ4v) is 1.62. The minimum atomic E-state index is -0.394. The third kappa shape index (κ3) is 25.9. The van der Waals surface area contributed by atoms with Gasteiger partial charge in [-0.25, -0.2) is 14.4 Å². The van der Waals surface area contributed by atoms with Gasteiger partial charge in [0, 0.05) is 18.2 Å². The average Bonchev–Trinajstić information content (AvgIpc) is 2.73. The van der Waals surface area contributed by atoms with Crippen molar-refractivity contribution >= 4 is 17.9 Å². The van der Waals surface area contributed by atoms with E-state index in [2.05, 4.69) is 43.1 Å². The van der Waals surface area contributed by atoms with E-state index in [1.807, 2.05) is 6.92 Å². The molecule has 6 nitrogen and oxygen atoms in total. The van der Waals surface area contributed by atoms with Gasteiger partial charge >= 0.3 is 17.9 Å². The standard InChI is InChI=1S/C11H20O2.C7H12O2.C4H6O2/c1-4-7-8-10(5-2)9-13-11(12)6-3;1-3-5-6-9-7(8)4-2;1-3-4(5)6-2/h6,10H,3-5,7-9H2,1-2H3;4H,2-3,5-6H2,1H3;3H,1H2,2H3. The Morgan fingerprint density at radius 2 is 1.32 bits per heavy atom. The molecule has 0 spiro atoms. The Kier molecular flexibility index (Phi) is 26.7. The summed E-state index contributed by atoms with van der Waals surface area (Å²) in [4.78, 5) is 31.0. The minimum absolute atomic E-state index is 0.310. The topological polar surface area (TPSA) is 78.9 Å². The van der Waals surface area contributed by atoms with Gasteiger partial charge in [-0.1, -0.05) is 66.2 Å². The first-order valence-electron chi connectivity index (χ1n) is 9.65. The molecule has 0 aromatic heterocycles. The van der Waals surface area contributed by atoms with E-state index >= 15 is 0 Å². The number of carbonyl (C=O) groups is 3. The minimum Gasteiger partial charge on any atom is -0.466 e. The molecule has 0 amide bonds. The summed E-state index contributed by atoms with van der Waals surface area (Å²) in [6.45, 7) is 17.2. The van der Waals surface area contributed by atoms with Crippen molar-refractivity contribution in [2.24, 2.45) is 5.92 Å². The van der Waals surface area contributed by atoms with Gasteiger partial charge in [0.25, 0.3) is 0 Å². The van der Waals surface area contributed by atoms with E-state index in [0.717, 1.165) is 31.8 Å². The van der Waals surface area contributed by atoms with E-state index < -0.39 is 5.97 Å². The summed E-state index contributed by atoms with van der Waals surface area (Å²) in [5.41, 5.74) is 0. The summed E-state index contributed by atoms with van der Waals surface area (Å²) >= 11 is 0. The molecule has 0 saturated heterocycles. The highest BCUT2D eigenvalue weighted by molar-refractivity contribution is 5.81. The van der Waals surface area contributed by atoms with Gasteiger partial charge in [-0.15, -0.1) is 0 Å². The average molecular weight is 399 g/mol. The number of hydrogen-bond donors (Lipinski definition) is 0. The van der Waals surface area contributed by atoms with Crippen molar-refractivity contribution in [2.75, 3.05) is 20.3 Å². The molecule has 0 aromatic rings. The van der Waals surface area contributed by atoms with Crippen molar-refractivity contribution < 1.29 is 28.6 Å². The van der Waals surface area contributed by atoms with Gasteiger partial charge in [-0.3, -0.25) is 0 Å². The van der Waals surface area contributed by atoms with E-state index in [4.69, 9.17) is 4.74 Å². The molecule has 162 valence electrons. The first kappa shape index (κ1) is 30.4. The van der Waals surface area contributed by atoms with Gasteiger partial charge < -0.3 is 14.2 Å². The van der Waals surface area contributed by atoms with Crippen molar-refractivity contribution in [2.45, 2.75) is 59.3 Å². The van der Waals surface area contributed by atoms with E-state index in [1.54, 1.807) is 0 Å². The molecule has 0 aliphatic rings. The van der Waals surface area contributed by atoms with Gasteiger partial charge in [0.05, 0.1) is 20.3 Å². The fourth-order valence-electron chi connectivity index (χ4n) is 1.62. The zero-order valence-electron chi connectivity index (χ0n) is 18.0. The molecule has 6 heteroatoms. The van der Waals surface area contributed by atoms with Crippen LogP contribution in [0.1, 0.15) is 59.3 Å². The monoisotopic (exact) mass is 398 g/mol. The molecule has 0 radical (unpaired) electrons. The van der Waals surface area contributed by atoms with Crippen LogP contribution in [0.4, 0.5) is 0 Å². The third-order valence-electron chi connectivity index (χ3n) is 3.45. The molecule has 0 fully saturated rings. The molecule has 0 aliphatic carbocycles. The number of esters is 3. The summed E-state index contributed by atoms with van der Waals surface area (Å²) in [5.74, 6) is -0.516. The van der Waals surface area contributed by atoms with Gasteiger partial charge in [-0.05, 0) is 18.8 Å². The van der Waals surface area contributed by atoms with Crippen LogP contribution >= 0.6 is 0 Å². The highest BCUT2D eigenvalue weighted by Crippen LogP contribution is 2.12. The second-order valence-corrected chi connectivity index (χ2v) is 5.70. The van der Waals surface area contributed by atoms with Crippen molar-refractivity contribution in [3.63, 3.8) is 0 Å². The molecule has 0 aromatic carbocycles. The van der Waals surface area contributed by atoms with Crippen molar-refractivity contribution in [1.29, 1.82) is 0 Å². The third-order valence-corrected chi connectivity index (χ3v) is 3.45. The predicted molar refractivity (Wildman–Crippen MR) is 113 cm³/mol. The highest BCUT2D eigenvalue weighted by atomic mass is 16.5. The molecular weight excluding hydrogens is 360 g/mol. The molecule has 0 N–H and O–H groups in total. The molecular formula is C22H38O6. The number of rotatable bonds is 12. The fraction of sp³-hybridized carbons (Fsp3) is 0.591. The second kappa shape index (κ2) is 24.6. The zero-order chi connectivity index (χ0) is 22.2. The molecule has 0 heterocycles. The van der Waals surface area contributed by atoms with Crippen LogP contribution in [0, 0.1) is 5.92 Å². The Morgan fingerprint density at radius 3 is 1.68 bits per heavy atom. The van der Waals surface area contributed by atoms with E-state index in [1.165, 1.54) is 32.1 Å². The van der Waals surface area contributed by atoms with Crippen molar-refractivity contribution in [1.82, 2.24) is 0 Å². The van der Waals surface area contributed by atoms with Gasteiger partial charge in [-0.2, -0.15) is 0 Å². The molecule has 0 saturated carbocycles. The number of methoxy groups -OCH3 is 1. The van der Waals surface area contributed by atoms with Gasteiger partial charge in [0.2, 0.25) is 0 Å². The molecule has 1 unspecified atom stereocenters. The summed E-state index contributed by atoms with van der Waals surface area (Å²) in [6, 6.07) is 0. The van der Waals surface area contributed by atoms with Crippen LogP contribution in [0.3, 0.4) is 0 Å². The number of carbonyl (C=O) groups excluding carboxylic acids is 3. The first-order valence-corrected chi connectivity index (χ1v) is 9.65. The first-order chi connectivity index (χ1) is 13.4. The molecule has 1 atom stereocenters. The SMILES string of the molecule is C=CC(=O)OC.C=CC(=O)OCC(CC)CCCC.C=CC(=O)OCCCC. The highest BCUT2D eigenvalue weighted by Gasteiger charge is 2.07. The smallest absolute Gasteiger partial charge is 0.330 e. The molecule has 0 bridgehead atoms. The van der Waals surface area contributed by atoms with Crippen LogP contribution in [-0.2, 0) is 28.6 Å². The van der Waals surface area contributed by atoms with Crippen LogP contribution in [0.2, 0.25) is 0 Å². The molecule has 0 rings (SSSR count). The molecule has 28 heavy (non-hydrogen) atoms. The van der Waals surface area contributed by atoms with Crippen LogP contribution < -0.4 is 0 Å². The normalized spacial score (nSPS) is 9.86. The van der Waals surface area contributed by atoms with Crippen molar-refractivity contribution in [3.8, 4) is 0 Å². The Bertz CT molecular complexity index is 442. The Labute approximate surface area is 170 Å². The predicted octanol–water partition coefficient (Wildman–Crippen LogP) is 4.79. The Morgan fingerprint density at radius 1 is 0.821 bits per heavy atom. The van der Waals surface area contributed by atoms with Crippen LogP contribution in [0.5, 0.6) is 0 Å².